The molecule has 1 saturated heterocycles. The molecule has 1 aromatic carbocycles. The van der Waals surface area contributed by atoms with E-state index in [4.69, 9.17) is 4.74 Å². The van der Waals surface area contributed by atoms with Crippen molar-refractivity contribution in [2.75, 3.05) is 26.2 Å². The predicted molar refractivity (Wildman–Crippen MR) is 109 cm³/mol. The van der Waals surface area contributed by atoms with Crippen molar-refractivity contribution < 1.29 is 23.9 Å². The first kappa shape index (κ1) is 21.3. The summed E-state index contributed by atoms with van der Waals surface area (Å²) in [6.45, 7) is 4.39. The molecule has 158 valence electrons. The van der Waals surface area contributed by atoms with Crippen LogP contribution in [0.5, 0.6) is 0 Å². The van der Waals surface area contributed by atoms with Crippen molar-refractivity contribution in [1.82, 2.24) is 15.2 Å². The number of amides is 2. The quantitative estimate of drug-likeness (QED) is 0.535. The molecule has 0 aliphatic carbocycles. The third kappa shape index (κ3) is 5.34. The van der Waals surface area contributed by atoms with Crippen molar-refractivity contribution in [3.63, 3.8) is 0 Å². The van der Waals surface area contributed by atoms with Crippen molar-refractivity contribution in [3.8, 4) is 0 Å². The molecule has 3 rings (SSSR count). The molecule has 1 fully saturated rings. The average molecular weight is 411 g/mol. The fourth-order valence-corrected chi connectivity index (χ4v) is 3.41. The summed E-state index contributed by atoms with van der Waals surface area (Å²) in [6, 6.07) is 6.87. The van der Waals surface area contributed by atoms with Crippen LogP contribution >= 0.6 is 0 Å². The van der Waals surface area contributed by atoms with Gasteiger partial charge in [0.05, 0.1) is 0 Å². The van der Waals surface area contributed by atoms with Gasteiger partial charge in [-0.3, -0.25) is 19.2 Å². The lowest BCUT2D eigenvalue weighted by molar-refractivity contribution is -0.141. The van der Waals surface area contributed by atoms with Crippen molar-refractivity contribution in [2.45, 2.75) is 26.7 Å². The Labute approximate surface area is 174 Å². The third-order valence-corrected chi connectivity index (χ3v) is 4.87. The van der Waals surface area contributed by atoms with Crippen LogP contribution < -0.4 is 5.32 Å². The van der Waals surface area contributed by atoms with E-state index in [2.05, 4.69) is 10.3 Å². The van der Waals surface area contributed by atoms with E-state index in [-0.39, 0.29) is 23.9 Å². The van der Waals surface area contributed by atoms with E-state index in [1.807, 2.05) is 19.9 Å². The van der Waals surface area contributed by atoms with Gasteiger partial charge in [0, 0.05) is 30.4 Å². The second-order valence-corrected chi connectivity index (χ2v) is 7.44. The fraction of sp³-hybridized carbons (Fsp3) is 0.364. The summed E-state index contributed by atoms with van der Waals surface area (Å²) in [7, 11) is 0. The fourth-order valence-electron chi connectivity index (χ4n) is 3.41. The van der Waals surface area contributed by atoms with Crippen LogP contribution in [0, 0.1) is 13.8 Å². The number of rotatable bonds is 7. The highest BCUT2D eigenvalue weighted by Gasteiger charge is 2.22. The number of carbonyl (C=O) groups is 4. The first-order valence-electron chi connectivity index (χ1n) is 9.86. The Morgan fingerprint density at radius 1 is 1.00 bits per heavy atom. The summed E-state index contributed by atoms with van der Waals surface area (Å²) in [4.78, 5) is 53.1. The summed E-state index contributed by atoms with van der Waals surface area (Å²) in [6.07, 6.45) is 3.39. The molecule has 30 heavy (non-hydrogen) atoms. The lowest BCUT2D eigenvalue weighted by Crippen LogP contribution is -2.31. The Bertz CT molecular complexity index is 953. The number of nitrogens with zero attached hydrogens (tertiary/aromatic N) is 1. The highest BCUT2D eigenvalue weighted by molar-refractivity contribution is 6.01. The number of carbonyl (C=O) groups excluding carboxylic acids is 4. The van der Waals surface area contributed by atoms with Crippen LogP contribution in [0.1, 0.15) is 55.2 Å². The van der Waals surface area contributed by atoms with Gasteiger partial charge in [0.25, 0.3) is 11.8 Å². The number of hydrogen-bond acceptors (Lipinski definition) is 5. The molecule has 2 aromatic rings. The molecular weight excluding hydrogens is 386 g/mol. The maximum atomic E-state index is 12.3. The lowest BCUT2D eigenvalue weighted by atomic mass is 10.1. The number of aryl methyl sites for hydroxylation is 2. The lowest BCUT2D eigenvalue weighted by Gasteiger charge is -2.13. The van der Waals surface area contributed by atoms with Crippen LogP contribution in [-0.2, 0) is 9.53 Å². The molecule has 2 N–H and O–H groups in total. The smallest absolute Gasteiger partial charge is 0.325 e. The molecule has 0 saturated carbocycles. The summed E-state index contributed by atoms with van der Waals surface area (Å²) >= 11 is 0. The molecule has 1 aliphatic heterocycles. The second-order valence-electron chi connectivity index (χ2n) is 7.44. The van der Waals surface area contributed by atoms with Gasteiger partial charge in [-0.25, -0.2) is 0 Å². The number of hydrogen-bond donors (Lipinski definition) is 2. The van der Waals surface area contributed by atoms with Gasteiger partial charge in [-0.15, -0.1) is 0 Å². The van der Waals surface area contributed by atoms with E-state index in [0.29, 0.717) is 24.3 Å². The topological polar surface area (TPSA) is 109 Å². The van der Waals surface area contributed by atoms with Crippen molar-refractivity contribution in [3.05, 3.63) is 58.4 Å². The molecule has 8 nitrogen and oxygen atoms in total. The molecule has 1 aromatic heterocycles. The number of likely N-dealkylation sites (tertiary alicyclic amines) is 1. The molecule has 8 heteroatoms. The summed E-state index contributed by atoms with van der Waals surface area (Å²) < 4.78 is 4.95. The third-order valence-electron chi connectivity index (χ3n) is 4.87. The molecule has 2 amide bonds. The minimum Gasteiger partial charge on any atom is -0.456 e. The van der Waals surface area contributed by atoms with Crippen LogP contribution in [0.4, 0.5) is 0 Å². The van der Waals surface area contributed by atoms with E-state index >= 15 is 0 Å². The Hall–Kier alpha value is -3.42. The molecule has 0 radical (unpaired) electrons. The number of nitrogens with one attached hydrogen (secondary N) is 2. The maximum Gasteiger partial charge on any atom is 0.325 e. The van der Waals surface area contributed by atoms with E-state index in [1.165, 1.54) is 12.3 Å². The predicted octanol–water partition coefficient (Wildman–Crippen LogP) is 2.02. The first-order valence-corrected chi connectivity index (χ1v) is 9.86. The van der Waals surface area contributed by atoms with Crippen molar-refractivity contribution >= 4 is 23.6 Å². The number of aromatic amines is 1. The Morgan fingerprint density at radius 2 is 1.67 bits per heavy atom. The highest BCUT2D eigenvalue weighted by atomic mass is 16.5. The molecule has 2 heterocycles. The van der Waals surface area contributed by atoms with Crippen LogP contribution in [0.2, 0.25) is 0 Å². The molecule has 0 unspecified atom stereocenters. The van der Waals surface area contributed by atoms with E-state index in [1.54, 1.807) is 17.0 Å². The summed E-state index contributed by atoms with van der Waals surface area (Å²) in [5.41, 5.74) is 2.96. The number of ketones is 1. The Kier molecular flexibility index (Phi) is 6.66. The SMILES string of the molecule is Cc1cc(C)cc(C(=O)NCC(=O)OCC(=O)c2c[nH]c(C(=O)N3CCCC3)c2)c1. The van der Waals surface area contributed by atoms with Crippen molar-refractivity contribution in [2.24, 2.45) is 0 Å². The molecule has 0 atom stereocenters. The van der Waals surface area contributed by atoms with Crippen molar-refractivity contribution in [1.29, 1.82) is 0 Å². The van der Waals surface area contributed by atoms with Gasteiger partial charge in [0.1, 0.15) is 12.2 Å². The molecule has 0 spiro atoms. The van der Waals surface area contributed by atoms with Gasteiger partial charge in [-0.1, -0.05) is 17.2 Å². The minimum atomic E-state index is -0.718. The van der Waals surface area contributed by atoms with Crippen LogP contribution in [0.15, 0.2) is 30.5 Å². The number of aromatic nitrogens is 1. The standard InChI is InChI=1S/C22H25N3O5/c1-14-7-15(2)9-16(8-14)21(28)24-12-20(27)30-13-19(26)17-10-18(23-11-17)22(29)25-5-3-4-6-25/h7-11,23H,3-6,12-13H2,1-2H3,(H,24,28). The first-order chi connectivity index (χ1) is 14.3. The summed E-state index contributed by atoms with van der Waals surface area (Å²) in [5.74, 6) is -1.68. The zero-order valence-electron chi connectivity index (χ0n) is 17.1. The van der Waals surface area contributed by atoms with Crippen LogP contribution in [-0.4, -0.2) is 59.7 Å². The van der Waals surface area contributed by atoms with Crippen LogP contribution in [0.3, 0.4) is 0 Å². The van der Waals surface area contributed by atoms with Gasteiger partial charge in [0.15, 0.2) is 6.61 Å². The number of esters is 1. The van der Waals surface area contributed by atoms with E-state index in [9.17, 15) is 19.2 Å². The van der Waals surface area contributed by atoms with Gasteiger partial charge in [-0.05, 0) is 44.9 Å². The summed E-state index contributed by atoms with van der Waals surface area (Å²) in [5, 5.41) is 2.49. The van der Waals surface area contributed by atoms with Gasteiger partial charge >= 0.3 is 5.97 Å². The second kappa shape index (κ2) is 9.39. The minimum absolute atomic E-state index is 0.141. The van der Waals surface area contributed by atoms with Gasteiger partial charge in [-0.2, -0.15) is 0 Å². The number of ether oxygens (including phenoxy) is 1. The van der Waals surface area contributed by atoms with E-state index in [0.717, 1.165) is 24.0 Å². The highest BCUT2D eigenvalue weighted by Crippen LogP contribution is 2.13. The van der Waals surface area contributed by atoms with E-state index < -0.39 is 18.4 Å². The monoisotopic (exact) mass is 411 g/mol. The van der Waals surface area contributed by atoms with Crippen LogP contribution in [0.25, 0.3) is 0 Å². The largest absolute Gasteiger partial charge is 0.456 e. The Morgan fingerprint density at radius 3 is 2.33 bits per heavy atom. The number of Topliss-reactive ketones (excluding diaryl/α,β-unsaturated/α-hetero) is 1. The molecule has 0 bridgehead atoms. The van der Waals surface area contributed by atoms with Gasteiger partial charge < -0.3 is 19.9 Å². The van der Waals surface area contributed by atoms with Gasteiger partial charge in [0.2, 0.25) is 5.78 Å². The Balaban J connectivity index is 1.46. The average Bonchev–Trinajstić information content (AvgIpc) is 3.41. The number of benzene rings is 1. The molecule has 1 aliphatic rings. The molecular formula is C22H25N3O5. The number of H-pyrrole nitrogens is 1. The normalized spacial score (nSPS) is 13.2. The maximum absolute atomic E-state index is 12.3. The zero-order chi connectivity index (χ0) is 21.7. The zero-order valence-corrected chi connectivity index (χ0v) is 17.1.